The second kappa shape index (κ2) is 9.77. The fourth-order valence-electron chi connectivity index (χ4n) is 3.35. The van der Waals surface area contributed by atoms with Crippen LogP contribution in [0.1, 0.15) is 22.3 Å². The van der Waals surface area contributed by atoms with Gasteiger partial charge in [0.1, 0.15) is 10.9 Å². The lowest BCUT2D eigenvalue weighted by molar-refractivity contribution is -0.140. The molecule has 0 aliphatic carbocycles. The predicted octanol–water partition coefficient (Wildman–Crippen LogP) is 5.56. The van der Waals surface area contributed by atoms with Gasteiger partial charge in [-0.25, -0.2) is 0 Å². The summed E-state index contributed by atoms with van der Waals surface area (Å²) in [6, 6.07) is 28.3. The molecule has 0 bridgehead atoms. The first kappa shape index (κ1) is 21.7. The Bertz CT molecular complexity index is 1180. The van der Waals surface area contributed by atoms with Gasteiger partial charge in [0.15, 0.2) is 0 Å². The third-order valence-corrected chi connectivity index (χ3v) is 6.26. The molecule has 0 aromatic heterocycles. The zero-order valence-corrected chi connectivity index (χ0v) is 18.6. The Balaban J connectivity index is 1.61. The number of rotatable bonds is 6. The summed E-state index contributed by atoms with van der Waals surface area (Å²) < 4.78 is 0.263. The maximum Gasteiger partial charge on any atom is 0.323 e. The number of benzene rings is 3. The number of carboxylic acids is 1. The van der Waals surface area contributed by atoms with Gasteiger partial charge in [-0.1, -0.05) is 109 Å². The topological polar surface area (TPSA) is 57.6 Å². The van der Waals surface area contributed by atoms with Crippen LogP contribution in [0.5, 0.6) is 0 Å². The van der Waals surface area contributed by atoms with Crippen LogP contribution in [0.3, 0.4) is 0 Å². The number of aliphatic carboxylic acids is 1. The van der Waals surface area contributed by atoms with E-state index in [2.05, 4.69) is 30.3 Å². The van der Waals surface area contributed by atoms with Crippen molar-refractivity contribution in [3.05, 3.63) is 112 Å². The molecule has 4 nitrogen and oxygen atoms in total. The number of amides is 1. The van der Waals surface area contributed by atoms with Crippen LogP contribution in [-0.2, 0) is 9.59 Å². The van der Waals surface area contributed by atoms with Crippen LogP contribution in [-0.4, -0.2) is 32.7 Å². The summed E-state index contributed by atoms with van der Waals surface area (Å²) in [6.07, 6.45) is 3.88. The molecule has 4 rings (SSSR count). The molecule has 3 aromatic rings. The molecule has 1 amide bonds. The van der Waals surface area contributed by atoms with E-state index in [1.807, 2.05) is 60.7 Å². The van der Waals surface area contributed by atoms with Crippen molar-refractivity contribution in [3.63, 3.8) is 0 Å². The van der Waals surface area contributed by atoms with Gasteiger partial charge in [0.2, 0.25) is 0 Å². The molecule has 1 N–H and O–H groups in total. The molecule has 0 atom stereocenters. The summed E-state index contributed by atoms with van der Waals surface area (Å²) in [5, 5.41) is 8.96. The van der Waals surface area contributed by atoms with Gasteiger partial charge in [0, 0.05) is 0 Å². The molecular formula is C26H19NO3S2. The van der Waals surface area contributed by atoms with Gasteiger partial charge in [-0.3, -0.25) is 14.5 Å². The largest absolute Gasteiger partial charge is 0.480 e. The Hall–Kier alpha value is -3.48. The molecule has 32 heavy (non-hydrogen) atoms. The number of nitrogens with zero attached hydrogens (tertiary/aromatic N) is 1. The van der Waals surface area contributed by atoms with Gasteiger partial charge in [-0.15, -0.1) is 0 Å². The monoisotopic (exact) mass is 457 g/mol. The number of carbonyl (C=O) groups is 2. The van der Waals surface area contributed by atoms with Gasteiger partial charge >= 0.3 is 5.97 Å². The van der Waals surface area contributed by atoms with Crippen molar-refractivity contribution in [2.24, 2.45) is 0 Å². The summed E-state index contributed by atoms with van der Waals surface area (Å²) in [5.41, 5.74) is 5.26. The summed E-state index contributed by atoms with van der Waals surface area (Å²) in [7, 11) is 0. The highest BCUT2D eigenvalue weighted by Gasteiger charge is 2.33. The Kier molecular flexibility index (Phi) is 6.63. The molecule has 1 heterocycles. The minimum absolute atomic E-state index is 0.263. The lowest BCUT2D eigenvalue weighted by Gasteiger charge is -2.10. The highest BCUT2D eigenvalue weighted by molar-refractivity contribution is 8.26. The van der Waals surface area contributed by atoms with E-state index in [0.717, 1.165) is 44.5 Å². The fourth-order valence-corrected chi connectivity index (χ4v) is 4.60. The van der Waals surface area contributed by atoms with E-state index >= 15 is 0 Å². The van der Waals surface area contributed by atoms with Crippen molar-refractivity contribution in [1.82, 2.24) is 4.90 Å². The van der Waals surface area contributed by atoms with E-state index in [1.54, 1.807) is 6.08 Å². The lowest BCUT2D eigenvalue weighted by Crippen LogP contribution is -2.33. The maximum absolute atomic E-state index is 12.5. The first-order valence-corrected chi connectivity index (χ1v) is 11.1. The van der Waals surface area contributed by atoms with E-state index < -0.39 is 12.5 Å². The molecule has 1 aliphatic rings. The Morgan fingerprint density at radius 3 is 1.94 bits per heavy atom. The van der Waals surface area contributed by atoms with E-state index in [-0.39, 0.29) is 10.2 Å². The Labute approximate surface area is 195 Å². The second-order valence-electron chi connectivity index (χ2n) is 7.12. The normalized spacial score (nSPS) is 14.6. The average Bonchev–Trinajstić information content (AvgIpc) is 3.06. The molecule has 1 saturated heterocycles. The summed E-state index contributed by atoms with van der Waals surface area (Å²) >= 11 is 6.27. The first-order valence-electron chi connectivity index (χ1n) is 9.91. The quantitative estimate of drug-likeness (QED) is 0.298. The predicted molar refractivity (Wildman–Crippen MR) is 134 cm³/mol. The minimum Gasteiger partial charge on any atom is -0.480 e. The molecular weight excluding hydrogens is 438 g/mol. The molecule has 0 radical (unpaired) electrons. The van der Waals surface area contributed by atoms with Gasteiger partial charge in [0.25, 0.3) is 5.91 Å². The van der Waals surface area contributed by atoms with Crippen molar-refractivity contribution in [2.75, 3.05) is 6.54 Å². The summed E-state index contributed by atoms with van der Waals surface area (Å²) in [4.78, 5) is 24.9. The van der Waals surface area contributed by atoms with Gasteiger partial charge in [-0.05, 0) is 40.0 Å². The van der Waals surface area contributed by atoms with Crippen molar-refractivity contribution >= 4 is 57.9 Å². The standard InChI is InChI=1S/C26H19NO3S2/c28-24(29)17-27-25(30)23(32-26(27)31)16-19-13-11-18(12-14-19)15-22(20-7-3-1-4-8-20)21-9-5-2-6-10-21/h1-16H,17H2,(H,28,29)/b23-16-. The van der Waals surface area contributed by atoms with Crippen LogP contribution >= 0.6 is 24.0 Å². The smallest absolute Gasteiger partial charge is 0.323 e. The third-order valence-electron chi connectivity index (χ3n) is 4.88. The van der Waals surface area contributed by atoms with E-state index in [4.69, 9.17) is 17.3 Å². The number of hydrogen-bond acceptors (Lipinski definition) is 4. The van der Waals surface area contributed by atoms with Crippen molar-refractivity contribution < 1.29 is 14.7 Å². The maximum atomic E-state index is 12.5. The first-order chi connectivity index (χ1) is 15.5. The van der Waals surface area contributed by atoms with Crippen LogP contribution in [0.25, 0.3) is 17.7 Å². The number of thiocarbonyl (C=S) groups is 1. The van der Waals surface area contributed by atoms with Crippen molar-refractivity contribution in [2.45, 2.75) is 0 Å². The molecule has 0 saturated carbocycles. The summed E-state index contributed by atoms with van der Waals surface area (Å²) in [5.74, 6) is -1.46. The number of carboxylic acid groups (broad SMARTS) is 1. The van der Waals surface area contributed by atoms with E-state index in [0.29, 0.717) is 4.91 Å². The Morgan fingerprint density at radius 2 is 1.41 bits per heavy atom. The molecule has 0 unspecified atom stereocenters. The SMILES string of the molecule is O=C(O)CN1C(=O)/C(=C/c2ccc(C=C(c3ccccc3)c3ccccc3)cc2)SC1=S. The number of thioether (sulfide) groups is 1. The Morgan fingerprint density at radius 1 is 0.875 bits per heavy atom. The minimum atomic E-state index is -1.09. The van der Waals surface area contributed by atoms with Crippen LogP contribution in [0, 0.1) is 0 Å². The van der Waals surface area contributed by atoms with Crippen molar-refractivity contribution in [1.29, 1.82) is 0 Å². The van der Waals surface area contributed by atoms with Crippen LogP contribution in [0.15, 0.2) is 89.8 Å². The highest BCUT2D eigenvalue weighted by Crippen LogP contribution is 2.32. The van der Waals surface area contributed by atoms with Crippen LogP contribution in [0.2, 0.25) is 0 Å². The van der Waals surface area contributed by atoms with Crippen LogP contribution < -0.4 is 0 Å². The molecule has 3 aromatic carbocycles. The third kappa shape index (κ3) is 5.04. The highest BCUT2D eigenvalue weighted by atomic mass is 32.2. The van der Waals surface area contributed by atoms with Crippen LogP contribution in [0.4, 0.5) is 0 Å². The number of hydrogen-bond donors (Lipinski definition) is 1. The average molecular weight is 458 g/mol. The fraction of sp³-hybridized carbons (Fsp3) is 0.0385. The lowest BCUT2D eigenvalue weighted by atomic mass is 9.95. The number of carbonyl (C=O) groups excluding carboxylic acids is 1. The zero-order valence-electron chi connectivity index (χ0n) is 17.0. The van der Waals surface area contributed by atoms with E-state index in [9.17, 15) is 9.59 Å². The molecule has 1 aliphatic heterocycles. The second-order valence-corrected chi connectivity index (χ2v) is 8.79. The zero-order chi connectivity index (χ0) is 22.5. The molecule has 0 spiro atoms. The molecule has 158 valence electrons. The van der Waals surface area contributed by atoms with Gasteiger partial charge in [0.05, 0.1) is 4.91 Å². The van der Waals surface area contributed by atoms with Gasteiger partial charge < -0.3 is 5.11 Å². The van der Waals surface area contributed by atoms with E-state index in [1.165, 1.54) is 0 Å². The molecule has 6 heteroatoms. The van der Waals surface area contributed by atoms with Gasteiger partial charge in [-0.2, -0.15) is 0 Å². The molecule has 1 fully saturated rings. The summed E-state index contributed by atoms with van der Waals surface area (Å²) in [6.45, 7) is -0.423. The van der Waals surface area contributed by atoms with Crippen molar-refractivity contribution in [3.8, 4) is 0 Å².